The van der Waals surface area contributed by atoms with Crippen molar-refractivity contribution in [2.24, 2.45) is 5.73 Å². The van der Waals surface area contributed by atoms with Gasteiger partial charge in [-0.25, -0.2) is 17.2 Å². The third-order valence-corrected chi connectivity index (χ3v) is 7.62. The Morgan fingerprint density at radius 3 is 2.33 bits per heavy atom. The number of carbonyl (C=O) groups is 1. The van der Waals surface area contributed by atoms with Gasteiger partial charge >= 0.3 is 0 Å². The van der Waals surface area contributed by atoms with Crippen LogP contribution in [0, 0.1) is 11.6 Å². The van der Waals surface area contributed by atoms with Gasteiger partial charge in [0.2, 0.25) is 15.9 Å². The normalized spacial score (nSPS) is 17.5. The lowest BCUT2D eigenvalue weighted by Crippen LogP contribution is -2.51. The maximum absolute atomic E-state index is 14.1. The second-order valence-electron chi connectivity index (χ2n) is 7.92. The first kappa shape index (κ1) is 24.8. The molecule has 0 aliphatic carbocycles. The van der Waals surface area contributed by atoms with Crippen LogP contribution in [-0.4, -0.2) is 48.6 Å². The molecule has 0 aromatic heterocycles. The van der Waals surface area contributed by atoms with Crippen molar-refractivity contribution in [3.8, 4) is 0 Å². The quantitative estimate of drug-likeness (QED) is 0.356. The molecule has 4 N–H and O–H groups in total. The number of nitrogens with zero attached hydrogens (tertiary/aromatic N) is 1. The van der Waals surface area contributed by atoms with Crippen LogP contribution in [-0.2, 0) is 20.4 Å². The molecule has 1 amide bonds. The maximum atomic E-state index is 14.1. The van der Waals surface area contributed by atoms with Crippen molar-refractivity contribution in [3.05, 3.63) is 83.6 Å². The number of halogens is 2. The number of aliphatic hydroxyl groups is 1. The number of hydrogen-bond acceptors (Lipinski definition) is 5. The number of nitrogens with two attached hydrogens (primary N) is 1. The van der Waals surface area contributed by atoms with Gasteiger partial charge in [0.25, 0.3) is 0 Å². The molecule has 1 fully saturated rings. The Balaban J connectivity index is 1.90. The summed E-state index contributed by atoms with van der Waals surface area (Å²) in [4.78, 5) is 10.7. The summed E-state index contributed by atoms with van der Waals surface area (Å²) < 4.78 is 55.7. The molecule has 10 heteroatoms. The van der Waals surface area contributed by atoms with Gasteiger partial charge in [0, 0.05) is 25.4 Å². The predicted octanol–water partition coefficient (Wildman–Crippen LogP) is 1.97. The van der Waals surface area contributed by atoms with E-state index in [9.17, 15) is 27.1 Å². The SMILES string of the molecule is NC(=O)/C=C\NCCCS(=O)(=O)N1CCC[C@@H]1C(O)(c1cccc(F)c1)c1cccc(F)c1. The summed E-state index contributed by atoms with van der Waals surface area (Å²) in [5.74, 6) is -2.01. The molecule has 1 aliphatic rings. The van der Waals surface area contributed by atoms with Gasteiger partial charge < -0.3 is 16.2 Å². The number of primary amides is 1. The summed E-state index contributed by atoms with van der Waals surface area (Å²) >= 11 is 0. The fraction of sp³-hybridized carbons (Fsp3) is 0.348. The van der Waals surface area contributed by atoms with Crippen LogP contribution in [0.15, 0.2) is 60.8 Å². The zero-order chi connectivity index (χ0) is 24.1. The van der Waals surface area contributed by atoms with E-state index >= 15 is 0 Å². The molecular weight excluding hydrogens is 452 g/mol. The summed E-state index contributed by atoms with van der Waals surface area (Å²) in [6.07, 6.45) is 3.54. The summed E-state index contributed by atoms with van der Waals surface area (Å²) in [7, 11) is -3.80. The second-order valence-corrected chi connectivity index (χ2v) is 9.96. The van der Waals surface area contributed by atoms with Crippen LogP contribution in [0.3, 0.4) is 0 Å². The molecule has 2 aromatic rings. The molecule has 1 saturated heterocycles. The molecule has 0 saturated carbocycles. The van der Waals surface area contributed by atoms with Crippen molar-refractivity contribution >= 4 is 15.9 Å². The van der Waals surface area contributed by atoms with Gasteiger partial charge in [-0.1, -0.05) is 24.3 Å². The minimum atomic E-state index is -3.80. The van der Waals surface area contributed by atoms with E-state index in [4.69, 9.17) is 5.73 Å². The highest BCUT2D eigenvalue weighted by Gasteiger charge is 2.49. The third-order valence-electron chi connectivity index (χ3n) is 5.66. The monoisotopic (exact) mass is 479 g/mol. The van der Waals surface area contributed by atoms with Crippen molar-refractivity contribution in [1.29, 1.82) is 0 Å². The van der Waals surface area contributed by atoms with Gasteiger partial charge in [-0.2, -0.15) is 4.31 Å². The molecule has 3 rings (SSSR count). The summed E-state index contributed by atoms with van der Waals surface area (Å²) in [5, 5.41) is 14.7. The highest BCUT2D eigenvalue weighted by molar-refractivity contribution is 7.89. The van der Waals surface area contributed by atoms with Crippen molar-refractivity contribution in [1.82, 2.24) is 9.62 Å². The Morgan fingerprint density at radius 2 is 1.79 bits per heavy atom. The zero-order valence-electron chi connectivity index (χ0n) is 18.0. The fourth-order valence-electron chi connectivity index (χ4n) is 4.19. The fourth-order valence-corrected chi connectivity index (χ4v) is 5.99. The minimum absolute atomic E-state index is 0.151. The molecule has 1 aliphatic heterocycles. The molecule has 7 nitrogen and oxygen atoms in total. The molecular formula is C23H27F2N3O4S. The first-order valence-electron chi connectivity index (χ1n) is 10.6. The molecule has 178 valence electrons. The lowest BCUT2D eigenvalue weighted by Gasteiger charge is -2.39. The first-order chi connectivity index (χ1) is 15.6. The van der Waals surface area contributed by atoms with Crippen LogP contribution < -0.4 is 11.1 Å². The Morgan fingerprint density at radius 1 is 1.18 bits per heavy atom. The highest BCUT2D eigenvalue weighted by atomic mass is 32.2. The van der Waals surface area contributed by atoms with E-state index in [2.05, 4.69) is 5.32 Å². The Labute approximate surface area is 192 Å². The Kier molecular flexibility index (Phi) is 7.83. The maximum Gasteiger partial charge on any atom is 0.242 e. The number of carbonyl (C=O) groups excluding carboxylic acids is 1. The van der Waals surface area contributed by atoms with Crippen LogP contribution in [0.1, 0.15) is 30.4 Å². The smallest absolute Gasteiger partial charge is 0.242 e. The largest absolute Gasteiger partial charge is 0.391 e. The minimum Gasteiger partial charge on any atom is -0.391 e. The van der Waals surface area contributed by atoms with Crippen molar-refractivity contribution < 1.29 is 27.1 Å². The van der Waals surface area contributed by atoms with Crippen LogP contribution in [0.2, 0.25) is 0 Å². The van der Waals surface area contributed by atoms with Gasteiger partial charge in [-0.15, -0.1) is 0 Å². The average Bonchev–Trinajstić information content (AvgIpc) is 3.27. The van der Waals surface area contributed by atoms with E-state index in [-0.39, 0.29) is 29.8 Å². The summed E-state index contributed by atoms with van der Waals surface area (Å²) in [6.45, 7) is 0.481. The average molecular weight is 480 g/mol. The van der Waals surface area contributed by atoms with Crippen molar-refractivity contribution in [2.45, 2.75) is 30.9 Å². The molecule has 1 heterocycles. The lowest BCUT2D eigenvalue weighted by molar-refractivity contribution is -0.113. The summed E-state index contributed by atoms with van der Waals surface area (Å²) in [5.41, 5.74) is 3.35. The van der Waals surface area contributed by atoms with Gasteiger partial charge in [-0.3, -0.25) is 4.79 Å². The molecule has 1 atom stereocenters. The van der Waals surface area contributed by atoms with Crippen molar-refractivity contribution in [3.63, 3.8) is 0 Å². The molecule has 0 bridgehead atoms. The van der Waals surface area contributed by atoms with E-state index in [1.54, 1.807) is 0 Å². The molecule has 2 aromatic carbocycles. The van der Waals surface area contributed by atoms with Gasteiger partial charge in [0.1, 0.15) is 17.2 Å². The van der Waals surface area contributed by atoms with Gasteiger partial charge in [-0.05, 0) is 54.7 Å². The number of benzene rings is 2. The topological polar surface area (TPSA) is 113 Å². The van der Waals surface area contributed by atoms with E-state index in [1.807, 2.05) is 0 Å². The molecule has 0 radical (unpaired) electrons. The number of rotatable bonds is 10. The molecule has 0 unspecified atom stereocenters. The van der Waals surface area contributed by atoms with E-state index in [0.717, 1.165) is 18.2 Å². The predicted molar refractivity (Wildman–Crippen MR) is 120 cm³/mol. The Hall–Kier alpha value is -2.82. The highest BCUT2D eigenvalue weighted by Crippen LogP contribution is 2.41. The number of amides is 1. The van der Waals surface area contributed by atoms with Crippen LogP contribution >= 0.6 is 0 Å². The third kappa shape index (κ3) is 5.76. The van der Waals surface area contributed by atoms with Crippen LogP contribution in [0.25, 0.3) is 0 Å². The van der Waals surface area contributed by atoms with E-state index in [1.165, 1.54) is 46.9 Å². The van der Waals surface area contributed by atoms with Crippen LogP contribution in [0.4, 0.5) is 8.78 Å². The van der Waals surface area contributed by atoms with Gasteiger partial charge in [0.05, 0.1) is 11.8 Å². The molecule has 33 heavy (non-hydrogen) atoms. The Bertz CT molecular complexity index is 1080. The number of hydrogen-bond donors (Lipinski definition) is 3. The lowest BCUT2D eigenvalue weighted by atomic mass is 9.79. The number of sulfonamides is 1. The van der Waals surface area contributed by atoms with Crippen LogP contribution in [0.5, 0.6) is 0 Å². The zero-order valence-corrected chi connectivity index (χ0v) is 18.8. The first-order valence-corrected chi connectivity index (χ1v) is 12.2. The second kappa shape index (κ2) is 10.4. The number of nitrogens with one attached hydrogen (secondary N) is 1. The standard InChI is InChI=1S/C23H27F2N3O4S/c24-19-7-1-5-17(15-19)23(30,18-6-2-8-20(25)16-18)21-9-3-13-28(21)33(31,32)14-4-11-27-12-10-22(26)29/h1-2,5-8,10,12,15-16,21,27,30H,3-4,9,11,13-14H2,(H2,26,29)/b12-10-/t21-/m1/s1. The van der Waals surface area contributed by atoms with Gasteiger partial charge in [0.15, 0.2) is 0 Å². The molecule has 0 spiro atoms. The van der Waals surface area contributed by atoms with Crippen molar-refractivity contribution in [2.75, 3.05) is 18.8 Å². The van der Waals surface area contributed by atoms with E-state index in [0.29, 0.717) is 19.4 Å². The van der Waals surface area contributed by atoms with E-state index < -0.39 is 39.2 Å². The summed E-state index contributed by atoms with van der Waals surface area (Å²) in [6, 6.07) is 9.65.